The molecule has 3 N–H and O–H groups in total. The molecule has 1 heterocycles. The number of ether oxygens (including phenoxy) is 2. The van der Waals surface area contributed by atoms with E-state index in [2.05, 4.69) is 5.32 Å². The van der Waals surface area contributed by atoms with E-state index in [1.165, 1.54) is 0 Å². The van der Waals surface area contributed by atoms with Crippen molar-refractivity contribution >= 4 is 17.2 Å². The summed E-state index contributed by atoms with van der Waals surface area (Å²) in [5.74, 6) is 0.784. The molecule has 1 unspecified atom stereocenters. The highest BCUT2D eigenvalue weighted by atomic mass is 32.1. The van der Waals surface area contributed by atoms with Crippen LogP contribution < -0.4 is 20.5 Å². The van der Waals surface area contributed by atoms with Gasteiger partial charge in [-0.25, -0.2) is 0 Å². The molecule has 1 atom stereocenters. The van der Waals surface area contributed by atoms with Gasteiger partial charge in [-0.05, 0) is 29.6 Å². The predicted molar refractivity (Wildman–Crippen MR) is 82.6 cm³/mol. The predicted octanol–water partition coefficient (Wildman–Crippen LogP) is 2.08. The molecule has 0 aliphatic heterocycles. The molecule has 0 bridgehead atoms. The average Bonchev–Trinajstić information content (AvgIpc) is 3.00. The van der Waals surface area contributed by atoms with E-state index in [9.17, 15) is 4.79 Å². The number of benzene rings is 1. The SMILES string of the molecule is COc1ccc(OC)c(C(NCc2cccs2)C(N)=O)c1. The minimum atomic E-state index is -0.642. The van der Waals surface area contributed by atoms with Crippen LogP contribution in [0.4, 0.5) is 0 Å². The number of amides is 1. The van der Waals surface area contributed by atoms with Crippen molar-refractivity contribution in [2.45, 2.75) is 12.6 Å². The van der Waals surface area contributed by atoms with Gasteiger partial charge in [-0.1, -0.05) is 6.07 Å². The molecule has 1 aromatic carbocycles. The molecular weight excluding hydrogens is 288 g/mol. The summed E-state index contributed by atoms with van der Waals surface area (Å²) in [5, 5.41) is 5.15. The lowest BCUT2D eigenvalue weighted by molar-refractivity contribution is -0.120. The Morgan fingerprint density at radius 2 is 2.14 bits per heavy atom. The van der Waals surface area contributed by atoms with Crippen molar-refractivity contribution in [1.82, 2.24) is 5.32 Å². The van der Waals surface area contributed by atoms with Gasteiger partial charge in [-0.15, -0.1) is 11.3 Å². The molecule has 2 rings (SSSR count). The minimum Gasteiger partial charge on any atom is -0.497 e. The van der Waals surface area contributed by atoms with Crippen LogP contribution in [0, 0.1) is 0 Å². The molecule has 5 nitrogen and oxygen atoms in total. The number of carbonyl (C=O) groups excluding carboxylic acids is 1. The van der Waals surface area contributed by atoms with Gasteiger partial charge in [0.05, 0.1) is 14.2 Å². The minimum absolute atomic E-state index is 0.460. The molecule has 6 heteroatoms. The summed E-state index contributed by atoms with van der Waals surface area (Å²) in [4.78, 5) is 12.9. The van der Waals surface area contributed by atoms with Gasteiger partial charge in [0.2, 0.25) is 5.91 Å². The van der Waals surface area contributed by atoms with Gasteiger partial charge in [-0.3, -0.25) is 10.1 Å². The Balaban J connectivity index is 2.26. The van der Waals surface area contributed by atoms with Gasteiger partial charge < -0.3 is 15.2 Å². The van der Waals surface area contributed by atoms with E-state index in [-0.39, 0.29) is 0 Å². The third-order valence-corrected chi connectivity index (χ3v) is 3.97. The van der Waals surface area contributed by atoms with Crippen LogP contribution in [0.15, 0.2) is 35.7 Å². The largest absolute Gasteiger partial charge is 0.497 e. The first-order valence-electron chi connectivity index (χ1n) is 6.42. The summed E-state index contributed by atoms with van der Waals surface area (Å²) in [6.45, 7) is 0.561. The van der Waals surface area contributed by atoms with Crippen LogP contribution in [0.2, 0.25) is 0 Å². The molecule has 0 saturated carbocycles. The van der Waals surface area contributed by atoms with Gasteiger partial charge in [0.25, 0.3) is 0 Å². The fourth-order valence-corrected chi connectivity index (χ4v) is 2.70. The smallest absolute Gasteiger partial charge is 0.239 e. The number of primary amides is 1. The molecule has 0 aliphatic carbocycles. The van der Waals surface area contributed by atoms with E-state index in [0.29, 0.717) is 23.6 Å². The topological polar surface area (TPSA) is 73.6 Å². The Bertz CT molecular complexity index is 599. The highest BCUT2D eigenvalue weighted by Gasteiger charge is 2.22. The number of methoxy groups -OCH3 is 2. The van der Waals surface area contributed by atoms with E-state index >= 15 is 0 Å². The van der Waals surface area contributed by atoms with Gasteiger partial charge >= 0.3 is 0 Å². The van der Waals surface area contributed by atoms with Crippen LogP contribution in [0.1, 0.15) is 16.5 Å². The van der Waals surface area contributed by atoms with E-state index < -0.39 is 11.9 Å². The molecule has 0 spiro atoms. The summed E-state index contributed by atoms with van der Waals surface area (Å²) in [6, 6.07) is 8.62. The lowest BCUT2D eigenvalue weighted by atomic mass is 10.0. The molecule has 0 fully saturated rings. The van der Waals surface area contributed by atoms with E-state index in [0.717, 1.165) is 4.88 Å². The highest BCUT2D eigenvalue weighted by molar-refractivity contribution is 7.09. The van der Waals surface area contributed by atoms with Crippen molar-refractivity contribution in [1.29, 1.82) is 0 Å². The van der Waals surface area contributed by atoms with E-state index in [1.54, 1.807) is 43.8 Å². The second kappa shape index (κ2) is 7.10. The number of nitrogens with one attached hydrogen (secondary N) is 1. The van der Waals surface area contributed by atoms with Crippen molar-refractivity contribution in [2.75, 3.05) is 14.2 Å². The maximum Gasteiger partial charge on any atom is 0.239 e. The first-order valence-corrected chi connectivity index (χ1v) is 7.30. The monoisotopic (exact) mass is 306 g/mol. The first kappa shape index (κ1) is 15.3. The zero-order valence-electron chi connectivity index (χ0n) is 12.0. The van der Waals surface area contributed by atoms with Crippen LogP contribution >= 0.6 is 11.3 Å². The van der Waals surface area contributed by atoms with Gasteiger partial charge in [-0.2, -0.15) is 0 Å². The maximum absolute atomic E-state index is 11.8. The molecule has 1 amide bonds. The fourth-order valence-electron chi connectivity index (χ4n) is 2.04. The zero-order chi connectivity index (χ0) is 15.2. The molecule has 2 aromatic rings. The second-order valence-electron chi connectivity index (χ2n) is 4.40. The quantitative estimate of drug-likeness (QED) is 0.821. The molecular formula is C15H18N2O3S. The highest BCUT2D eigenvalue weighted by Crippen LogP contribution is 2.29. The van der Waals surface area contributed by atoms with Gasteiger partial charge in [0.1, 0.15) is 17.5 Å². The first-order chi connectivity index (χ1) is 10.2. The third-order valence-electron chi connectivity index (χ3n) is 3.09. The Morgan fingerprint density at radius 3 is 2.71 bits per heavy atom. The Labute approximate surface area is 127 Å². The fraction of sp³-hybridized carbons (Fsp3) is 0.267. The molecule has 0 radical (unpaired) electrons. The molecule has 0 aliphatic rings. The van der Waals surface area contributed by atoms with Crippen molar-refractivity contribution in [3.8, 4) is 11.5 Å². The summed E-state index contributed by atoms with van der Waals surface area (Å²) in [6.07, 6.45) is 0. The molecule has 112 valence electrons. The van der Waals surface area contributed by atoms with Crippen molar-refractivity contribution in [3.63, 3.8) is 0 Å². The number of hydrogen-bond donors (Lipinski definition) is 2. The number of carbonyl (C=O) groups is 1. The molecule has 21 heavy (non-hydrogen) atoms. The molecule has 0 saturated heterocycles. The van der Waals surface area contributed by atoms with Gasteiger partial charge in [0.15, 0.2) is 0 Å². The van der Waals surface area contributed by atoms with Crippen LogP contribution in [0.3, 0.4) is 0 Å². The maximum atomic E-state index is 11.8. The number of hydrogen-bond acceptors (Lipinski definition) is 5. The van der Waals surface area contributed by atoms with Crippen LogP contribution in [0.5, 0.6) is 11.5 Å². The zero-order valence-corrected chi connectivity index (χ0v) is 12.8. The lowest BCUT2D eigenvalue weighted by Crippen LogP contribution is -2.33. The van der Waals surface area contributed by atoms with Crippen LogP contribution in [-0.2, 0) is 11.3 Å². The number of thiophene rings is 1. The third kappa shape index (κ3) is 3.74. The summed E-state index contributed by atoms with van der Waals surface area (Å²) in [7, 11) is 3.13. The average molecular weight is 306 g/mol. The standard InChI is InChI=1S/C15H18N2O3S/c1-19-10-5-6-13(20-2)12(8-10)14(15(16)18)17-9-11-4-3-7-21-11/h3-8,14,17H,9H2,1-2H3,(H2,16,18). The summed E-state index contributed by atoms with van der Waals surface area (Å²) >= 11 is 1.62. The van der Waals surface area contributed by atoms with Crippen molar-refractivity contribution in [2.24, 2.45) is 5.73 Å². The van der Waals surface area contributed by atoms with Crippen LogP contribution in [-0.4, -0.2) is 20.1 Å². The number of nitrogens with two attached hydrogens (primary N) is 1. The van der Waals surface area contributed by atoms with Crippen LogP contribution in [0.25, 0.3) is 0 Å². The van der Waals surface area contributed by atoms with Crippen molar-refractivity contribution < 1.29 is 14.3 Å². The lowest BCUT2D eigenvalue weighted by Gasteiger charge is -2.19. The molecule has 1 aromatic heterocycles. The number of rotatable bonds is 7. The Morgan fingerprint density at radius 1 is 1.33 bits per heavy atom. The summed E-state index contributed by atoms with van der Waals surface area (Å²) in [5.41, 5.74) is 6.20. The van der Waals surface area contributed by atoms with Crippen molar-refractivity contribution in [3.05, 3.63) is 46.2 Å². The van der Waals surface area contributed by atoms with E-state index in [1.807, 2.05) is 17.5 Å². The van der Waals surface area contributed by atoms with E-state index in [4.69, 9.17) is 15.2 Å². The van der Waals surface area contributed by atoms with Gasteiger partial charge in [0, 0.05) is 17.0 Å². The Kier molecular flexibility index (Phi) is 5.19. The normalized spacial score (nSPS) is 11.9. The Hall–Kier alpha value is -2.05. The second-order valence-corrected chi connectivity index (χ2v) is 5.44. The summed E-state index contributed by atoms with van der Waals surface area (Å²) < 4.78 is 10.5.